The first-order valence-corrected chi connectivity index (χ1v) is 7.46. The third-order valence-electron chi connectivity index (χ3n) is 4.00. The molecule has 20 heavy (non-hydrogen) atoms. The van der Waals surface area contributed by atoms with Crippen molar-refractivity contribution in [3.63, 3.8) is 0 Å². The van der Waals surface area contributed by atoms with Crippen LogP contribution in [0.1, 0.15) is 32.3 Å². The molecule has 0 fully saturated rings. The van der Waals surface area contributed by atoms with Crippen LogP contribution in [0.5, 0.6) is 5.75 Å². The highest BCUT2D eigenvalue weighted by atomic mass is 16.5. The molecule has 2 aromatic carbocycles. The first-order valence-electron chi connectivity index (χ1n) is 7.46. The van der Waals surface area contributed by atoms with Gasteiger partial charge in [-0.3, -0.25) is 0 Å². The number of ether oxygens (including phenoxy) is 1. The molecule has 0 radical (unpaired) electrons. The van der Waals surface area contributed by atoms with Gasteiger partial charge in [-0.15, -0.1) is 0 Å². The zero-order chi connectivity index (χ0) is 14.4. The van der Waals surface area contributed by atoms with Crippen LogP contribution >= 0.6 is 0 Å². The summed E-state index contributed by atoms with van der Waals surface area (Å²) >= 11 is 0. The van der Waals surface area contributed by atoms with E-state index in [0.29, 0.717) is 0 Å². The number of aryl methyl sites for hydroxylation is 1. The summed E-state index contributed by atoms with van der Waals surface area (Å²) in [7, 11) is 1.70. The van der Waals surface area contributed by atoms with Gasteiger partial charge in [0.15, 0.2) is 0 Å². The second-order valence-electron chi connectivity index (χ2n) is 5.48. The minimum Gasteiger partial charge on any atom is -0.497 e. The molecule has 1 heteroatoms. The summed E-state index contributed by atoms with van der Waals surface area (Å²) < 4.78 is 5.19. The largest absolute Gasteiger partial charge is 0.497 e. The predicted octanol–water partition coefficient (Wildman–Crippen LogP) is 5.34. The lowest BCUT2D eigenvalue weighted by Crippen LogP contribution is -1.95. The van der Waals surface area contributed by atoms with Crippen LogP contribution in [0.4, 0.5) is 0 Å². The number of benzene rings is 2. The standard InChI is InChI=1S/C19H24O/c1-4-15(2)5-6-16-7-9-17(10-8-16)18-11-13-19(20-3)14-12-18/h7-15H,4-6H2,1-3H3/t15-/m0/s1. The molecule has 0 aliphatic carbocycles. The van der Waals surface area contributed by atoms with Crippen molar-refractivity contribution in [3.8, 4) is 16.9 Å². The predicted molar refractivity (Wildman–Crippen MR) is 86.2 cm³/mol. The summed E-state index contributed by atoms with van der Waals surface area (Å²) in [4.78, 5) is 0. The highest BCUT2D eigenvalue weighted by Crippen LogP contribution is 2.23. The van der Waals surface area contributed by atoms with Gasteiger partial charge in [-0.2, -0.15) is 0 Å². The maximum atomic E-state index is 5.19. The minimum absolute atomic E-state index is 0.816. The average Bonchev–Trinajstić information content (AvgIpc) is 2.53. The fourth-order valence-electron chi connectivity index (χ4n) is 2.26. The molecule has 0 aliphatic rings. The zero-order valence-electron chi connectivity index (χ0n) is 12.7. The summed E-state index contributed by atoms with van der Waals surface area (Å²) in [6.45, 7) is 4.59. The molecule has 0 heterocycles. The van der Waals surface area contributed by atoms with Gasteiger partial charge in [-0.1, -0.05) is 56.7 Å². The van der Waals surface area contributed by atoms with Crippen molar-refractivity contribution in [2.24, 2.45) is 5.92 Å². The Labute approximate surface area is 122 Å². The normalized spacial score (nSPS) is 12.2. The lowest BCUT2D eigenvalue weighted by molar-refractivity contribution is 0.415. The maximum absolute atomic E-state index is 5.19. The summed E-state index contributed by atoms with van der Waals surface area (Å²) in [5.41, 5.74) is 3.93. The van der Waals surface area contributed by atoms with Crippen molar-refractivity contribution in [3.05, 3.63) is 54.1 Å². The Morgan fingerprint density at radius 3 is 1.95 bits per heavy atom. The molecule has 1 nitrogen and oxygen atoms in total. The second-order valence-corrected chi connectivity index (χ2v) is 5.48. The number of hydrogen-bond acceptors (Lipinski definition) is 1. The molecule has 0 spiro atoms. The van der Waals surface area contributed by atoms with E-state index in [4.69, 9.17) is 4.74 Å². The lowest BCUT2D eigenvalue weighted by Gasteiger charge is -2.09. The van der Waals surface area contributed by atoms with Crippen molar-refractivity contribution in [1.29, 1.82) is 0 Å². The van der Waals surface area contributed by atoms with E-state index in [1.807, 2.05) is 12.1 Å². The van der Waals surface area contributed by atoms with Crippen LogP contribution in [0.2, 0.25) is 0 Å². The summed E-state index contributed by atoms with van der Waals surface area (Å²) in [6.07, 6.45) is 3.72. The Morgan fingerprint density at radius 1 is 0.900 bits per heavy atom. The van der Waals surface area contributed by atoms with Gasteiger partial charge < -0.3 is 4.74 Å². The fourth-order valence-corrected chi connectivity index (χ4v) is 2.26. The molecular formula is C19H24O. The van der Waals surface area contributed by atoms with Gasteiger partial charge in [0.25, 0.3) is 0 Å². The molecule has 0 saturated heterocycles. The third kappa shape index (κ3) is 3.86. The van der Waals surface area contributed by atoms with E-state index in [1.165, 1.54) is 36.0 Å². The van der Waals surface area contributed by atoms with Crippen molar-refractivity contribution < 1.29 is 4.74 Å². The van der Waals surface area contributed by atoms with E-state index < -0.39 is 0 Å². The number of hydrogen-bond donors (Lipinski definition) is 0. The van der Waals surface area contributed by atoms with E-state index >= 15 is 0 Å². The number of methoxy groups -OCH3 is 1. The first-order chi connectivity index (χ1) is 9.72. The topological polar surface area (TPSA) is 9.23 Å². The van der Waals surface area contributed by atoms with Gasteiger partial charge >= 0.3 is 0 Å². The third-order valence-corrected chi connectivity index (χ3v) is 4.00. The van der Waals surface area contributed by atoms with Crippen LogP contribution in [0, 0.1) is 5.92 Å². The van der Waals surface area contributed by atoms with Gasteiger partial charge in [0.05, 0.1) is 7.11 Å². The van der Waals surface area contributed by atoms with Gasteiger partial charge in [-0.05, 0) is 47.6 Å². The van der Waals surface area contributed by atoms with E-state index in [1.54, 1.807) is 7.11 Å². The average molecular weight is 268 g/mol. The van der Waals surface area contributed by atoms with Gasteiger partial charge in [-0.25, -0.2) is 0 Å². The molecule has 1 atom stereocenters. The Kier molecular flexibility index (Phi) is 5.23. The van der Waals surface area contributed by atoms with E-state index in [2.05, 4.69) is 50.2 Å². The quantitative estimate of drug-likeness (QED) is 0.687. The first kappa shape index (κ1) is 14.6. The summed E-state index contributed by atoms with van der Waals surface area (Å²) in [6, 6.07) is 17.2. The molecule has 0 saturated carbocycles. The van der Waals surface area contributed by atoms with Crippen LogP contribution in [0.15, 0.2) is 48.5 Å². The molecular weight excluding hydrogens is 244 g/mol. The van der Waals surface area contributed by atoms with Gasteiger partial charge in [0.2, 0.25) is 0 Å². The Morgan fingerprint density at radius 2 is 1.45 bits per heavy atom. The summed E-state index contributed by atoms with van der Waals surface area (Å²) in [5, 5.41) is 0. The fraction of sp³-hybridized carbons (Fsp3) is 0.368. The Balaban J connectivity index is 2.03. The van der Waals surface area contributed by atoms with Crippen LogP contribution < -0.4 is 4.74 Å². The smallest absolute Gasteiger partial charge is 0.118 e. The maximum Gasteiger partial charge on any atom is 0.118 e. The SMILES string of the molecule is CC[C@H](C)CCc1ccc(-c2ccc(OC)cc2)cc1. The molecule has 106 valence electrons. The number of rotatable bonds is 6. The molecule has 0 bridgehead atoms. The van der Waals surface area contributed by atoms with E-state index in [-0.39, 0.29) is 0 Å². The second kappa shape index (κ2) is 7.14. The zero-order valence-corrected chi connectivity index (χ0v) is 12.7. The van der Waals surface area contributed by atoms with Crippen molar-refractivity contribution >= 4 is 0 Å². The molecule has 0 amide bonds. The van der Waals surface area contributed by atoms with Crippen LogP contribution in [-0.2, 0) is 6.42 Å². The Bertz CT molecular complexity index is 510. The Hall–Kier alpha value is -1.76. The van der Waals surface area contributed by atoms with Crippen molar-refractivity contribution in [2.45, 2.75) is 33.1 Å². The highest BCUT2D eigenvalue weighted by Gasteiger charge is 2.02. The molecule has 0 unspecified atom stereocenters. The van der Waals surface area contributed by atoms with Crippen LogP contribution in [0.3, 0.4) is 0 Å². The van der Waals surface area contributed by atoms with Gasteiger partial charge in [0.1, 0.15) is 5.75 Å². The van der Waals surface area contributed by atoms with Crippen LogP contribution in [0.25, 0.3) is 11.1 Å². The van der Waals surface area contributed by atoms with Crippen molar-refractivity contribution in [2.75, 3.05) is 7.11 Å². The van der Waals surface area contributed by atoms with Gasteiger partial charge in [0, 0.05) is 0 Å². The summed E-state index contributed by atoms with van der Waals surface area (Å²) in [5.74, 6) is 1.72. The highest BCUT2D eigenvalue weighted by molar-refractivity contribution is 5.64. The lowest BCUT2D eigenvalue weighted by atomic mass is 9.97. The molecule has 0 aliphatic heterocycles. The minimum atomic E-state index is 0.816. The monoisotopic (exact) mass is 268 g/mol. The van der Waals surface area contributed by atoms with Crippen molar-refractivity contribution in [1.82, 2.24) is 0 Å². The molecule has 0 N–H and O–H groups in total. The molecule has 2 aromatic rings. The van der Waals surface area contributed by atoms with E-state index in [9.17, 15) is 0 Å². The molecule has 0 aromatic heterocycles. The molecule has 2 rings (SSSR count). The van der Waals surface area contributed by atoms with E-state index in [0.717, 1.165) is 11.7 Å². The van der Waals surface area contributed by atoms with Crippen LogP contribution in [-0.4, -0.2) is 7.11 Å².